The van der Waals surface area contributed by atoms with Crippen molar-refractivity contribution >= 4 is 11.7 Å². The number of benzene rings is 1. The van der Waals surface area contributed by atoms with E-state index < -0.39 is 17.2 Å². The molecule has 1 aromatic carbocycles. The molecule has 0 saturated carbocycles. The van der Waals surface area contributed by atoms with Crippen molar-refractivity contribution in [3.63, 3.8) is 0 Å². The van der Waals surface area contributed by atoms with Crippen LogP contribution in [-0.2, 0) is 11.3 Å². The number of aromatic amines is 1. The molecule has 0 aliphatic heterocycles. The summed E-state index contributed by atoms with van der Waals surface area (Å²) >= 11 is 0. The van der Waals surface area contributed by atoms with Gasteiger partial charge in [-0.15, -0.1) is 0 Å². The lowest BCUT2D eigenvalue weighted by Gasteiger charge is -2.17. The van der Waals surface area contributed by atoms with Crippen LogP contribution in [-0.4, -0.2) is 21.2 Å². The van der Waals surface area contributed by atoms with Gasteiger partial charge in [0.2, 0.25) is 11.7 Å². The van der Waals surface area contributed by atoms with Crippen molar-refractivity contribution in [2.24, 2.45) is 5.73 Å². The van der Waals surface area contributed by atoms with Gasteiger partial charge in [0, 0.05) is 24.1 Å². The van der Waals surface area contributed by atoms with Crippen molar-refractivity contribution in [1.29, 1.82) is 0 Å². The fourth-order valence-corrected chi connectivity index (χ4v) is 3.23. The highest BCUT2D eigenvalue weighted by Crippen LogP contribution is 2.20. The summed E-state index contributed by atoms with van der Waals surface area (Å²) in [5, 5.41) is 0. The Morgan fingerprint density at radius 1 is 1.11 bits per heavy atom. The highest BCUT2D eigenvalue weighted by Gasteiger charge is 2.24. The van der Waals surface area contributed by atoms with E-state index in [-0.39, 0.29) is 35.9 Å². The van der Waals surface area contributed by atoms with Crippen molar-refractivity contribution in [3.05, 3.63) is 67.0 Å². The normalized spacial score (nSPS) is 11.0. The average Bonchev–Trinajstić information content (AvgIpc) is 2.54. The first kappa shape index (κ1) is 20.4. The lowest BCUT2D eigenvalue weighted by Crippen LogP contribution is -2.38. The number of carbonyl (C=O) groups is 2. The van der Waals surface area contributed by atoms with Gasteiger partial charge in [0.05, 0.1) is 0 Å². The predicted molar refractivity (Wildman–Crippen MR) is 103 cm³/mol. The van der Waals surface area contributed by atoms with E-state index in [4.69, 9.17) is 5.73 Å². The average molecular weight is 371 g/mol. The van der Waals surface area contributed by atoms with Gasteiger partial charge in [0.1, 0.15) is 5.69 Å². The summed E-state index contributed by atoms with van der Waals surface area (Å²) in [5.41, 5.74) is 6.53. The Balaban J connectivity index is 2.69. The molecule has 7 nitrogen and oxygen atoms in total. The first-order chi connectivity index (χ1) is 12.6. The summed E-state index contributed by atoms with van der Waals surface area (Å²) < 4.78 is 1.25. The fraction of sp³-hybridized carbons (Fsp3) is 0.400. The Morgan fingerprint density at radius 2 is 1.70 bits per heavy atom. The molecule has 1 heterocycles. The van der Waals surface area contributed by atoms with E-state index in [2.05, 4.69) is 4.98 Å². The number of amides is 1. The van der Waals surface area contributed by atoms with Crippen LogP contribution in [0.5, 0.6) is 0 Å². The minimum absolute atomic E-state index is 0.0771. The van der Waals surface area contributed by atoms with Crippen LogP contribution in [0.15, 0.2) is 27.8 Å². The zero-order valence-corrected chi connectivity index (χ0v) is 16.1. The summed E-state index contributed by atoms with van der Waals surface area (Å²) in [4.78, 5) is 51.4. The van der Waals surface area contributed by atoms with E-state index in [1.54, 1.807) is 26.0 Å². The second kappa shape index (κ2) is 8.16. The van der Waals surface area contributed by atoms with Crippen molar-refractivity contribution in [3.8, 4) is 0 Å². The number of ketones is 1. The Hall–Kier alpha value is -2.96. The van der Waals surface area contributed by atoms with E-state index in [1.807, 2.05) is 19.9 Å². The molecule has 27 heavy (non-hydrogen) atoms. The number of rotatable bonds is 7. The van der Waals surface area contributed by atoms with Crippen molar-refractivity contribution in [2.75, 3.05) is 0 Å². The SMILES string of the molecule is Cc1cc(C)cc(C(=O)c2c(C(C)C)c(=O)[nH]c(=O)n2CCCC(N)=O)c1. The number of aryl methyl sites for hydroxylation is 2. The molecule has 0 unspecified atom stereocenters. The Labute approximate surface area is 157 Å². The maximum Gasteiger partial charge on any atom is 0.328 e. The molecule has 2 aromatic rings. The maximum absolute atomic E-state index is 13.3. The molecule has 0 aliphatic rings. The first-order valence-electron chi connectivity index (χ1n) is 8.90. The summed E-state index contributed by atoms with van der Waals surface area (Å²) in [6, 6.07) is 5.41. The monoisotopic (exact) mass is 371 g/mol. The summed E-state index contributed by atoms with van der Waals surface area (Å²) in [5.74, 6) is -1.13. The summed E-state index contributed by atoms with van der Waals surface area (Å²) in [6.07, 6.45) is 0.381. The van der Waals surface area contributed by atoms with Gasteiger partial charge in [-0.3, -0.25) is 23.9 Å². The molecule has 0 saturated heterocycles. The van der Waals surface area contributed by atoms with E-state index in [0.717, 1.165) is 11.1 Å². The number of H-pyrrole nitrogens is 1. The molecule has 3 N–H and O–H groups in total. The standard InChI is InChI=1S/C20H25N3O4/c1-11(2)16-17(18(25)14-9-12(3)8-13(4)10-14)23(7-5-6-15(21)24)20(27)22-19(16)26/h8-11H,5-7H2,1-4H3,(H2,21,24)(H,22,26,27). The van der Waals surface area contributed by atoms with Crippen LogP contribution < -0.4 is 17.0 Å². The Morgan fingerprint density at radius 3 is 2.22 bits per heavy atom. The van der Waals surface area contributed by atoms with Crippen LogP contribution in [0.4, 0.5) is 0 Å². The molecule has 1 amide bonds. The number of primary amides is 1. The number of nitrogens with two attached hydrogens (primary N) is 1. The van der Waals surface area contributed by atoms with Crippen molar-refractivity contribution < 1.29 is 9.59 Å². The highest BCUT2D eigenvalue weighted by molar-refractivity contribution is 6.09. The lowest BCUT2D eigenvalue weighted by molar-refractivity contribution is -0.118. The molecular formula is C20H25N3O4. The number of nitrogens with zero attached hydrogens (tertiary/aromatic N) is 1. The molecule has 1 aromatic heterocycles. The van der Waals surface area contributed by atoms with Crippen LogP contribution >= 0.6 is 0 Å². The van der Waals surface area contributed by atoms with Crippen LogP contribution in [0.3, 0.4) is 0 Å². The van der Waals surface area contributed by atoms with Crippen LogP contribution in [0.25, 0.3) is 0 Å². The Bertz CT molecular complexity index is 979. The second-order valence-electron chi connectivity index (χ2n) is 7.10. The topological polar surface area (TPSA) is 115 Å². The van der Waals surface area contributed by atoms with Gasteiger partial charge in [0.25, 0.3) is 5.56 Å². The number of hydrogen-bond donors (Lipinski definition) is 2. The van der Waals surface area contributed by atoms with E-state index in [9.17, 15) is 19.2 Å². The molecule has 0 fully saturated rings. The van der Waals surface area contributed by atoms with Gasteiger partial charge in [-0.1, -0.05) is 31.0 Å². The number of nitrogens with one attached hydrogen (secondary N) is 1. The maximum atomic E-state index is 13.3. The Kier molecular flexibility index (Phi) is 6.15. The molecule has 0 aliphatic carbocycles. The molecule has 144 valence electrons. The lowest BCUT2D eigenvalue weighted by atomic mass is 9.95. The van der Waals surface area contributed by atoms with Gasteiger partial charge in [-0.2, -0.15) is 0 Å². The van der Waals surface area contributed by atoms with Crippen LogP contribution in [0, 0.1) is 13.8 Å². The second-order valence-corrected chi connectivity index (χ2v) is 7.10. The number of carbonyl (C=O) groups excluding carboxylic acids is 2. The predicted octanol–water partition coefficient (Wildman–Crippen LogP) is 1.77. The zero-order valence-electron chi connectivity index (χ0n) is 16.1. The van der Waals surface area contributed by atoms with Gasteiger partial charge in [-0.25, -0.2) is 4.79 Å². The third kappa shape index (κ3) is 4.61. The van der Waals surface area contributed by atoms with Crippen molar-refractivity contribution in [2.45, 2.75) is 53.0 Å². The van der Waals surface area contributed by atoms with E-state index >= 15 is 0 Å². The summed E-state index contributed by atoms with van der Waals surface area (Å²) in [7, 11) is 0. The van der Waals surface area contributed by atoms with Crippen molar-refractivity contribution in [1.82, 2.24) is 9.55 Å². The molecular weight excluding hydrogens is 346 g/mol. The molecule has 0 radical (unpaired) electrons. The highest BCUT2D eigenvalue weighted by atomic mass is 16.2. The quantitative estimate of drug-likeness (QED) is 0.722. The third-order valence-corrected chi connectivity index (χ3v) is 4.32. The smallest absolute Gasteiger partial charge is 0.328 e. The number of hydrogen-bond acceptors (Lipinski definition) is 4. The zero-order chi connectivity index (χ0) is 20.3. The summed E-state index contributed by atoms with van der Waals surface area (Å²) in [6.45, 7) is 7.46. The van der Waals surface area contributed by atoms with E-state index in [1.165, 1.54) is 4.57 Å². The van der Waals surface area contributed by atoms with Gasteiger partial charge < -0.3 is 5.73 Å². The molecule has 2 rings (SSSR count). The minimum Gasteiger partial charge on any atom is -0.370 e. The first-order valence-corrected chi connectivity index (χ1v) is 8.90. The van der Waals surface area contributed by atoms with E-state index in [0.29, 0.717) is 12.0 Å². The molecule has 0 spiro atoms. The molecule has 7 heteroatoms. The fourth-order valence-electron chi connectivity index (χ4n) is 3.23. The minimum atomic E-state index is -0.665. The van der Waals surface area contributed by atoms with Crippen LogP contribution in [0.1, 0.15) is 65.3 Å². The number of aromatic nitrogens is 2. The van der Waals surface area contributed by atoms with Gasteiger partial charge in [0.15, 0.2) is 0 Å². The van der Waals surface area contributed by atoms with Crippen LogP contribution in [0.2, 0.25) is 0 Å². The molecule has 0 bridgehead atoms. The van der Waals surface area contributed by atoms with Gasteiger partial charge in [-0.05, 0) is 38.3 Å². The van der Waals surface area contributed by atoms with Gasteiger partial charge >= 0.3 is 5.69 Å². The largest absolute Gasteiger partial charge is 0.370 e. The third-order valence-electron chi connectivity index (χ3n) is 4.32. The molecule has 0 atom stereocenters.